The third-order valence-corrected chi connectivity index (χ3v) is 3.48. The Kier molecular flexibility index (Phi) is 13.0. The normalized spacial score (nSPS) is 12.0. The van der Waals surface area contributed by atoms with Crippen LogP contribution in [0.15, 0.2) is 0 Å². The summed E-state index contributed by atoms with van der Waals surface area (Å²) in [6, 6.07) is 0. The summed E-state index contributed by atoms with van der Waals surface area (Å²) < 4.78 is 1.37. The first kappa shape index (κ1) is 20.8. The van der Waals surface area contributed by atoms with Gasteiger partial charge in [0, 0.05) is 11.8 Å². The first-order chi connectivity index (χ1) is 7.95. The van der Waals surface area contributed by atoms with Gasteiger partial charge in [0.05, 0.1) is 26.2 Å². The summed E-state index contributed by atoms with van der Waals surface area (Å²) in [4.78, 5) is 0. The van der Waals surface area contributed by atoms with Crippen molar-refractivity contribution in [2.45, 2.75) is 67.2 Å². The Labute approximate surface area is 127 Å². The van der Waals surface area contributed by atoms with Gasteiger partial charge in [-0.1, -0.05) is 54.4 Å². The van der Waals surface area contributed by atoms with E-state index in [1.165, 1.54) is 56.3 Å². The highest BCUT2D eigenvalue weighted by Gasteiger charge is 2.28. The molecule has 1 nitrogen and oxygen atoms in total. The number of hydrogen-bond donors (Lipinski definition) is 0. The Morgan fingerprint density at radius 2 is 1.06 bits per heavy atom. The molecule has 0 heterocycles. The lowest BCUT2D eigenvalue weighted by Crippen LogP contribution is -3.00. The zero-order chi connectivity index (χ0) is 13.3. The van der Waals surface area contributed by atoms with E-state index < -0.39 is 0 Å². The van der Waals surface area contributed by atoms with Crippen LogP contribution in [0.25, 0.3) is 0 Å². The molecule has 0 amide bonds. The van der Waals surface area contributed by atoms with Gasteiger partial charge in [-0.15, -0.1) is 0 Å². The van der Waals surface area contributed by atoms with Crippen molar-refractivity contribution >= 4 is 0 Å². The molecule has 0 spiro atoms. The molecule has 0 aliphatic heterocycles. The number of unbranched alkanes of at least 4 members (excludes halogenated alkanes) is 2. The Morgan fingerprint density at radius 1 is 0.722 bits per heavy atom. The smallest absolute Gasteiger partial charge is 0.0809 e. The number of rotatable bonds is 10. The highest BCUT2D eigenvalue weighted by atomic mass is 79.9. The maximum atomic E-state index is 2.38. The van der Waals surface area contributed by atoms with Crippen molar-refractivity contribution < 1.29 is 21.5 Å². The Balaban J connectivity index is 0. The van der Waals surface area contributed by atoms with Crippen LogP contribution in [-0.2, 0) is 0 Å². The minimum Gasteiger partial charge on any atom is -1.00 e. The Hall–Kier alpha value is 0.440. The molecule has 0 atom stereocenters. The van der Waals surface area contributed by atoms with E-state index >= 15 is 0 Å². The van der Waals surface area contributed by atoms with E-state index in [1.54, 1.807) is 0 Å². The van der Waals surface area contributed by atoms with Crippen molar-refractivity contribution in [3.05, 3.63) is 0 Å². The fourth-order valence-electron chi connectivity index (χ4n) is 3.09. The van der Waals surface area contributed by atoms with Gasteiger partial charge in [0.25, 0.3) is 0 Å². The lowest BCUT2D eigenvalue weighted by Gasteiger charge is -2.41. The van der Waals surface area contributed by atoms with Gasteiger partial charge < -0.3 is 21.5 Å². The predicted octanol–water partition coefficient (Wildman–Crippen LogP) is 1.72. The number of hydrogen-bond acceptors (Lipinski definition) is 0. The van der Waals surface area contributed by atoms with Gasteiger partial charge in [-0.05, 0) is 12.8 Å². The van der Waals surface area contributed by atoms with Gasteiger partial charge in [0.15, 0.2) is 0 Å². The van der Waals surface area contributed by atoms with Crippen LogP contribution in [-0.4, -0.2) is 30.7 Å². The summed E-state index contributed by atoms with van der Waals surface area (Å²) in [5.74, 6) is 1.64. The second-order valence-electron chi connectivity index (χ2n) is 6.65. The summed E-state index contributed by atoms with van der Waals surface area (Å²) in [6.45, 7) is 19.7. The maximum Gasteiger partial charge on any atom is 0.0809 e. The highest BCUT2D eigenvalue weighted by molar-refractivity contribution is 4.53. The molecule has 0 rings (SSSR count). The molecule has 0 aliphatic rings. The molecule has 0 aromatic heterocycles. The molecule has 2 heteroatoms. The van der Waals surface area contributed by atoms with Crippen LogP contribution in [0.3, 0.4) is 0 Å². The van der Waals surface area contributed by atoms with Crippen molar-refractivity contribution in [2.24, 2.45) is 11.8 Å². The minimum absolute atomic E-state index is 0. The van der Waals surface area contributed by atoms with Gasteiger partial charge >= 0.3 is 0 Å². The SMILES string of the molecule is CCCC[N+](CCCC)(CC(C)C)CC(C)C.[Br-]. The van der Waals surface area contributed by atoms with Gasteiger partial charge in [0.2, 0.25) is 0 Å². The first-order valence-electron chi connectivity index (χ1n) is 7.81. The van der Waals surface area contributed by atoms with Crippen molar-refractivity contribution in [2.75, 3.05) is 26.2 Å². The average Bonchev–Trinajstić information content (AvgIpc) is 2.22. The third kappa shape index (κ3) is 9.38. The molecular formula is C16H36BrN. The Morgan fingerprint density at radius 3 is 1.28 bits per heavy atom. The van der Waals surface area contributed by atoms with Crippen molar-refractivity contribution in [1.82, 2.24) is 0 Å². The fourth-order valence-corrected chi connectivity index (χ4v) is 3.09. The molecule has 0 saturated heterocycles. The molecule has 0 bridgehead atoms. The predicted molar refractivity (Wildman–Crippen MR) is 79.2 cm³/mol. The van der Waals surface area contributed by atoms with Crippen LogP contribution in [0.2, 0.25) is 0 Å². The van der Waals surface area contributed by atoms with Gasteiger partial charge in [-0.3, -0.25) is 0 Å². The van der Waals surface area contributed by atoms with E-state index in [2.05, 4.69) is 41.5 Å². The molecule has 0 saturated carbocycles. The van der Waals surface area contributed by atoms with Gasteiger partial charge in [-0.2, -0.15) is 0 Å². The first-order valence-corrected chi connectivity index (χ1v) is 7.81. The zero-order valence-electron chi connectivity index (χ0n) is 13.6. The quantitative estimate of drug-likeness (QED) is 0.537. The molecule has 18 heavy (non-hydrogen) atoms. The van der Waals surface area contributed by atoms with Crippen LogP contribution in [0.5, 0.6) is 0 Å². The number of halogens is 1. The fraction of sp³-hybridized carbons (Fsp3) is 1.00. The minimum atomic E-state index is 0. The summed E-state index contributed by atoms with van der Waals surface area (Å²) in [5, 5.41) is 0. The van der Waals surface area contributed by atoms with Crippen LogP contribution >= 0.6 is 0 Å². The second-order valence-corrected chi connectivity index (χ2v) is 6.65. The zero-order valence-corrected chi connectivity index (χ0v) is 15.2. The van der Waals surface area contributed by atoms with Crippen LogP contribution in [0, 0.1) is 11.8 Å². The molecule has 0 radical (unpaired) electrons. The molecule has 0 N–H and O–H groups in total. The molecular weight excluding hydrogens is 286 g/mol. The van der Waals surface area contributed by atoms with Gasteiger partial charge in [-0.25, -0.2) is 0 Å². The molecule has 0 aromatic carbocycles. The largest absolute Gasteiger partial charge is 1.00 e. The standard InChI is InChI=1S/C16H36N.BrH/c1-7-9-11-17(12-10-8-2,13-15(3)4)14-16(5)6;/h15-16H,7-14H2,1-6H3;1H/q+1;/p-1. The number of quaternary nitrogens is 1. The van der Waals surface area contributed by atoms with E-state index in [1.807, 2.05) is 0 Å². The van der Waals surface area contributed by atoms with Crippen LogP contribution in [0.4, 0.5) is 0 Å². The van der Waals surface area contributed by atoms with E-state index in [0.717, 1.165) is 11.8 Å². The molecule has 0 aromatic rings. The molecule has 112 valence electrons. The maximum absolute atomic E-state index is 2.38. The highest BCUT2D eigenvalue weighted by Crippen LogP contribution is 2.18. The average molecular weight is 322 g/mol. The summed E-state index contributed by atoms with van der Waals surface area (Å²) in [6.07, 6.45) is 5.46. The lowest BCUT2D eigenvalue weighted by atomic mass is 10.1. The molecule has 0 unspecified atom stereocenters. The van der Waals surface area contributed by atoms with E-state index in [4.69, 9.17) is 0 Å². The monoisotopic (exact) mass is 321 g/mol. The number of nitrogens with zero attached hydrogens (tertiary/aromatic N) is 1. The molecule has 0 fully saturated rings. The van der Waals surface area contributed by atoms with Gasteiger partial charge in [0.1, 0.15) is 0 Å². The summed E-state index contributed by atoms with van der Waals surface area (Å²) >= 11 is 0. The van der Waals surface area contributed by atoms with Crippen molar-refractivity contribution in [3.8, 4) is 0 Å². The lowest BCUT2D eigenvalue weighted by molar-refractivity contribution is -0.934. The summed E-state index contributed by atoms with van der Waals surface area (Å²) in [5.41, 5.74) is 0. The second kappa shape index (κ2) is 11.3. The van der Waals surface area contributed by atoms with Crippen molar-refractivity contribution in [3.63, 3.8) is 0 Å². The van der Waals surface area contributed by atoms with E-state index in [0.29, 0.717) is 0 Å². The topological polar surface area (TPSA) is 0 Å². The van der Waals surface area contributed by atoms with Crippen molar-refractivity contribution in [1.29, 1.82) is 0 Å². The summed E-state index contributed by atoms with van der Waals surface area (Å²) in [7, 11) is 0. The molecule has 0 aliphatic carbocycles. The van der Waals surface area contributed by atoms with E-state index in [9.17, 15) is 0 Å². The van der Waals surface area contributed by atoms with Crippen LogP contribution < -0.4 is 17.0 Å². The van der Waals surface area contributed by atoms with Crippen LogP contribution in [0.1, 0.15) is 67.2 Å². The van der Waals surface area contributed by atoms with E-state index in [-0.39, 0.29) is 17.0 Å². The Bertz CT molecular complexity index is 158. The third-order valence-electron chi connectivity index (χ3n) is 3.48.